The van der Waals surface area contributed by atoms with Gasteiger partial charge >= 0.3 is 12.2 Å². The molecule has 0 aliphatic rings. The number of halogens is 3. The topological polar surface area (TPSA) is 56.1 Å². The molecule has 0 aromatic carbocycles. The van der Waals surface area contributed by atoms with Gasteiger partial charge in [0.05, 0.1) is 6.07 Å². The second kappa shape index (κ2) is 5.44. The van der Waals surface area contributed by atoms with Gasteiger partial charge in [-0.2, -0.15) is 18.4 Å². The third-order valence-corrected chi connectivity index (χ3v) is 1.57. The minimum absolute atomic E-state index is 0.235. The van der Waals surface area contributed by atoms with Crippen molar-refractivity contribution in [3.63, 3.8) is 0 Å². The highest BCUT2D eigenvalue weighted by atomic mass is 19.4. The lowest BCUT2D eigenvalue weighted by Gasteiger charge is -2.24. The molecular formula is C8H12F3N3O. The van der Waals surface area contributed by atoms with E-state index in [2.05, 4.69) is 0 Å². The number of carbonyl (C=O) groups is 1. The van der Waals surface area contributed by atoms with Gasteiger partial charge in [0.2, 0.25) is 0 Å². The summed E-state index contributed by atoms with van der Waals surface area (Å²) in [7, 11) is 0. The number of nitrogens with one attached hydrogen (secondary N) is 1. The van der Waals surface area contributed by atoms with Crippen molar-refractivity contribution >= 4 is 6.03 Å². The highest BCUT2D eigenvalue weighted by Gasteiger charge is 2.29. The number of nitrogens with zero attached hydrogens (tertiary/aromatic N) is 2. The van der Waals surface area contributed by atoms with Gasteiger partial charge in [-0.1, -0.05) is 0 Å². The molecule has 7 heteroatoms. The number of amides is 2. The molecule has 0 heterocycles. The van der Waals surface area contributed by atoms with Crippen LogP contribution >= 0.6 is 0 Å². The van der Waals surface area contributed by atoms with Crippen LogP contribution < -0.4 is 5.32 Å². The smallest absolute Gasteiger partial charge is 0.329 e. The number of rotatable bonds is 3. The minimum atomic E-state index is -4.44. The third-order valence-electron chi connectivity index (χ3n) is 1.57. The molecule has 4 nitrogen and oxygen atoms in total. The fraction of sp³-hybridized carbons (Fsp3) is 0.750. The Kier molecular flexibility index (Phi) is 4.91. The molecule has 0 aromatic rings. The molecular weight excluding hydrogens is 211 g/mol. The highest BCUT2D eigenvalue weighted by molar-refractivity contribution is 5.74. The van der Waals surface area contributed by atoms with Crippen LogP contribution in [0.25, 0.3) is 0 Å². The average molecular weight is 223 g/mol. The van der Waals surface area contributed by atoms with E-state index in [-0.39, 0.29) is 12.6 Å². The Morgan fingerprint density at radius 2 is 2.07 bits per heavy atom. The van der Waals surface area contributed by atoms with Gasteiger partial charge in [0, 0.05) is 6.04 Å². The van der Waals surface area contributed by atoms with Gasteiger partial charge in [0.15, 0.2) is 0 Å². The SMILES string of the molecule is CC(C)N(CC#N)C(=O)NCC(F)(F)F. The van der Waals surface area contributed by atoms with E-state index in [0.29, 0.717) is 0 Å². The molecule has 0 unspecified atom stereocenters. The molecule has 0 rings (SSSR count). The molecule has 0 aliphatic heterocycles. The summed E-state index contributed by atoms with van der Waals surface area (Å²) >= 11 is 0. The van der Waals surface area contributed by atoms with E-state index in [4.69, 9.17) is 5.26 Å². The maximum absolute atomic E-state index is 11.8. The summed E-state index contributed by atoms with van der Waals surface area (Å²) in [6, 6.07) is 0.504. The Bertz CT molecular complexity index is 257. The van der Waals surface area contributed by atoms with Crippen LogP contribution in [-0.4, -0.2) is 36.2 Å². The summed E-state index contributed by atoms with van der Waals surface area (Å²) in [5.74, 6) is 0. The average Bonchev–Trinajstić information content (AvgIpc) is 2.08. The number of alkyl halides is 3. The summed E-state index contributed by atoms with van der Waals surface area (Å²) in [5.41, 5.74) is 0. The quantitative estimate of drug-likeness (QED) is 0.737. The Morgan fingerprint density at radius 1 is 1.53 bits per heavy atom. The van der Waals surface area contributed by atoms with Gasteiger partial charge in [-0.15, -0.1) is 0 Å². The number of hydrogen-bond donors (Lipinski definition) is 1. The molecule has 15 heavy (non-hydrogen) atoms. The van der Waals surface area contributed by atoms with Gasteiger partial charge in [0.25, 0.3) is 0 Å². The van der Waals surface area contributed by atoms with Gasteiger partial charge in [-0.05, 0) is 13.8 Å². The van der Waals surface area contributed by atoms with Crippen molar-refractivity contribution < 1.29 is 18.0 Å². The Balaban J connectivity index is 4.23. The molecule has 0 fully saturated rings. The fourth-order valence-electron chi connectivity index (χ4n) is 0.842. The minimum Gasteiger partial charge on any atom is -0.329 e. The molecule has 0 aliphatic carbocycles. The molecule has 0 bridgehead atoms. The van der Waals surface area contributed by atoms with Gasteiger partial charge < -0.3 is 10.2 Å². The largest absolute Gasteiger partial charge is 0.405 e. The van der Waals surface area contributed by atoms with E-state index in [1.165, 1.54) is 0 Å². The number of carbonyl (C=O) groups excluding carboxylic acids is 1. The standard InChI is InChI=1S/C8H12F3N3O/c1-6(2)14(4-3-12)7(15)13-5-8(9,10)11/h6H,4-5H2,1-2H3,(H,13,15). The summed E-state index contributed by atoms with van der Waals surface area (Å²) in [5, 5.41) is 10.1. The van der Waals surface area contributed by atoms with Crippen molar-refractivity contribution in [3.8, 4) is 6.07 Å². The predicted molar refractivity (Wildman–Crippen MR) is 46.9 cm³/mol. The van der Waals surface area contributed by atoms with E-state index in [1.807, 2.05) is 0 Å². The Morgan fingerprint density at radius 3 is 2.40 bits per heavy atom. The zero-order valence-corrected chi connectivity index (χ0v) is 8.43. The number of hydrogen-bond acceptors (Lipinski definition) is 2. The molecule has 1 N–H and O–H groups in total. The van der Waals surface area contributed by atoms with Gasteiger partial charge in [-0.3, -0.25) is 0 Å². The second-order valence-corrected chi connectivity index (χ2v) is 3.15. The van der Waals surface area contributed by atoms with Crippen LogP contribution in [0.3, 0.4) is 0 Å². The predicted octanol–water partition coefficient (Wildman–Crippen LogP) is 1.49. The Hall–Kier alpha value is -1.45. The maximum atomic E-state index is 11.8. The van der Waals surface area contributed by atoms with E-state index in [1.54, 1.807) is 25.2 Å². The third kappa shape index (κ3) is 5.78. The normalized spacial score (nSPS) is 11.0. The van der Waals surface area contributed by atoms with E-state index < -0.39 is 18.8 Å². The lowest BCUT2D eigenvalue weighted by Crippen LogP contribution is -2.46. The molecule has 0 saturated carbocycles. The molecule has 0 aromatic heterocycles. The first-order chi connectivity index (χ1) is 6.78. The van der Waals surface area contributed by atoms with Crippen LogP contribution in [-0.2, 0) is 0 Å². The molecule has 0 atom stereocenters. The van der Waals surface area contributed by atoms with Crippen molar-refractivity contribution in [3.05, 3.63) is 0 Å². The van der Waals surface area contributed by atoms with Crippen LogP contribution in [0.1, 0.15) is 13.8 Å². The monoisotopic (exact) mass is 223 g/mol. The van der Waals surface area contributed by atoms with Crippen LogP contribution in [0.4, 0.5) is 18.0 Å². The molecule has 2 amide bonds. The van der Waals surface area contributed by atoms with Crippen molar-refractivity contribution in [2.75, 3.05) is 13.1 Å². The first-order valence-electron chi connectivity index (χ1n) is 4.26. The van der Waals surface area contributed by atoms with Crippen LogP contribution in [0, 0.1) is 11.3 Å². The van der Waals surface area contributed by atoms with E-state index >= 15 is 0 Å². The van der Waals surface area contributed by atoms with Crippen LogP contribution in [0.15, 0.2) is 0 Å². The number of nitriles is 1. The molecule has 0 radical (unpaired) electrons. The highest BCUT2D eigenvalue weighted by Crippen LogP contribution is 2.12. The van der Waals surface area contributed by atoms with Crippen LogP contribution in [0.2, 0.25) is 0 Å². The van der Waals surface area contributed by atoms with Gasteiger partial charge in [0.1, 0.15) is 13.1 Å². The van der Waals surface area contributed by atoms with Crippen molar-refractivity contribution in [2.24, 2.45) is 0 Å². The zero-order chi connectivity index (χ0) is 12.1. The molecule has 0 spiro atoms. The summed E-state index contributed by atoms with van der Waals surface area (Å²) < 4.78 is 35.3. The summed E-state index contributed by atoms with van der Waals surface area (Å²) in [6.07, 6.45) is -4.44. The summed E-state index contributed by atoms with van der Waals surface area (Å²) in [4.78, 5) is 12.2. The second-order valence-electron chi connectivity index (χ2n) is 3.15. The van der Waals surface area contributed by atoms with Crippen LogP contribution in [0.5, 0.6) is 0 Å². The Labute approximate surface area is 85.7 Å². The van der Waals surface area contributed by atoms with Gasteiger partial charge in [-0.25, -0.2) is 4.79 Å². The summed E-state index contributed by atoms with van der Waals surface area (Å²) in [6.45, 7) is 1.61. The van der Waals surface area contributed by atoms with E-state index in [0.717, 1.165) is 4.90 Å². The van der Waals surface area contributed by atoms with Crippen molar-refractivity contribution in [1.82, 2.24) is 10.2 Å². The first kappa shape index (κ1) is 13.5. The van der Waals surface area contributed by atoms with Crippen molar-refractivity contribution in [2.45, 2.75) is 26.1 Å². The zero-order valence-electron chi connectivity index (χ0n) is 8.43. The van der Waals surface area contributed by atoms with E-state index in [9.17, 15) is 18.0 Å². The van der Waals surface area contributed by atoms with Crippen molar-refractivity contribution in [1.29, 1.82) is 5.26 Å². The molecule has 0 saturated heterocycles. The fourth-order valence-corrected chi connectivity index (χ4v) is 0.842. The lowest BCUT2D eigenvalue weighted by molar-refractivity contribution is -0.123. The lowest BCUT2D eigenvalue weighted by atomic mass is 10.3. The molecule has 86 valence electrons. The number of urea groups is 1. The maximum Gasteiger partial charge on any atom is 0.405 e. The first-order valence-corrected chi connectivity index (χ1v) is 4.26.